The van der Waals surface area contributed by atoms with Crippen molar-refractivity contribution in [2.45, 2.75) is 31.1 Å². The Labute approximate surface area is 108 Å². The first kappa shape index (κ1) is 13.1. The molecule has 5 heteroatoms. The molecule has 2 rings (SSSR count). The summed E-state index contributed by atoms with van der Waals surface area (Å²) in [7, 11) is -3.43. The number of nitriles is 1. The fourth-order valence-corrected chi connectivity index (χ4v) is 3.68. The summed E-state index contributed by atoms with van der Waals surface area (Å²) in [6.45, 7) is 2.96. The Balaban J connectivity index is 2.38. The first-order valence-electron chi connectivity index (χ1n) is 6.06. The van der Waals surface area contributed by atoms with Crippen LogP contribution in [0.1, 0.15) is 30.4 Å². The number of hydrogen-bond donors (Lipinski definition) is 0. The highest BCUT2D eigenvalue weighted by Gasteiger charge is 2.26. The zero-order valence-electron chi connectivity index (χ0n) is 10.4. The second-order valence-electron chi connectivity index (χ2n) is 4.55. The summed E-state index contributed by atoms with van der Waals surface area (Å²) in [6, 6.07) is 6.77. The number of piperidine rings is 1. The minimum absolute atomic E-state index is 0.228. The van der Waals surface area contributed by atoms with Crippen molar-refractivity contribution in [2.75, 3.05) is 13.1 Å². The average Bonchev–Trinajstić information content (AvgIpc) is 2.40. The van der Waals surface area contributed by atoms with Crippen molar-refractivity contribution in [3.05, 3.63) is 29.3 Å². The highest BCUT2D eigenvalue weighted by molar-refractivity contribution is 7.89. The van der Waals surface area contributed by atoms with Crippen LogP contribution in [0.3, 0.4) is 0 Å². The molecule has 0 aliphatic carbocycles. The van der Waals surface area contributed by atoms with Gasteiger partial charge in [0.2, 0.25) is 10.0 Å². The van der Waals surface area contributed by atoms with Crippen LogP contribution in [0.5, 0.6) is 0 Å². The quantitative estimate of drug-likeness (QED) is 0.821. The van der Waals surface area contributed by atoms with E-state index in [0.29, 0.717) is 18.7 Å². The van der Waals surface area contributed by atoms with E-state index in [9.17, 15) is 8.42 Å². The third-order valence-electron chi connectivity index (χ3n) is 3.28. The van der Waals surface area contributed by atoms with Gasteiger partial charge in [0.05, 0.1) is 16.5 Å². The van der Waals surface area contributed by atoms with Crippen LogP contribution in [-0.4, -0.2) is 25.8 Å². The Morgan fingerprint density at radius 3 is 2.50 bits per heavy atom. The summed E-state index contributed by atoms with van der Waals surface area (Å²) in [5.74, 6) is 0. The molecule has 1 heterocycles. The van der Waals surface area contributed by atoms with Crippen molar-refractivity contribution in [1.29, 1.82) is 5.26 Å². The van der Waals surface area contributed by atoms with E-state index in [4.69, 9.17) is 5.26 Å². The van der Waals surface area contributed by atoms with Crippen molar-refractivity contribution in [3.8, 4) is 6.07 Å². The van der Waals surface area contributed by atoms with Crippen LogP contribution in [-0.2, 0) is 10.0 Å². The van der Waals surface area contributed by atoms with Crippen LogP contribution < -0.4 is 0 Å². The van der Waals surface area contributed by atoms with Gasteiger partial charge in [0.1, 0.15) is 0 Å². The molecule has 1 aliphatic rings. The summed E-state index contributed by atoms with van der Waals surface area (Å²) < 4.78 is 26.3. The van der Waals surface area contributed by atoms with Gasteiger partial charge in [0.25, 0.3) is 0 Å². The van der Waals surface area contributed by atoms with Crippen LogP contribution >= 0.6 is 0 Å². The lowest BCUT2D eigenvalue weighted by Gasteiger charge is -2.26. The normalized spacial score (nSPS) is 17.3. The summed E-state index contributed by atoms with van der Waals surface area (Å²) in [5, 5.41) is 8.96. The number of nitrogens with zero attached hydrogens (tertiary/aromatic N) is 2. The van der Waals surface area contributed by atoms with E-state index in [1.54, 1.807) is 19.1 Å². The standard InChI is InChI=1S/C13H16N2O2S/c1-11-5-6-13(9-12(11)10-14)18(16,17)15-7-3-2-4-8-15/h5-6,9H,2-4,7-8H2,1H3. The van der Waals surface area contributed by atoms with E-state index in [0.717, 1.165) is 24.8 Å². The molecule has 1 aromatic carbocycles. The SMILES string of the molecule is Cc1ccc(S(=O)(=O)N2CCCCC2)cc1C#N. The van der Waals surface area contributed by atoms with Crippen molar-refractivity contribution in [3.63, 3.8) is 0 Å². The van der Waals surface area contributed by atoms with Gasteiger partial charge in [-0.3, -0.25) is 0 Å². The molecule has 1 saturated heterocycles. The Kier molecular flexibility index (Phi) is 3.69. The average molecular weight is 264 g/mol. The molecular weight excluding hydrogens is 248 g/mol. The number of benzene rings is 1. The van der Waals surface area contributed by atoms with Gasteiger partial charge < -0.3 is 0 Å². The Hall–Kier alpha value is -1.38. The topological polar surface area (TPSA) is 61.2 Å². The first-order chi connectivity index (χ1) is 8.55. The Bertz CT molecular complexity index is 581. The maximum absolute atomic E-state index is 12.4. The molecule has 1 aliphatic heterocycles. The van der Waals surface area contributed by atoms with E-state index >= 15 is 0 Å². The number of hydrogen-bond acceptors (Lipinski definition) is 3. The van der Waals surface area contributed by atoms with Crippen LogP contribution in [0.4, 0.5) is 0 Å². The van der Waals surface area contributed by atoms with Crippen molar-refractivity contribution >= 4 is 10.0 Å². The fourth-order valence-electron chi connectivity index (χ4n) is 2.14. The number of sulfonamides is 1. The third kappa shape index (κ3) is 2.40. The summed E-state index contributed by atoms with van der Waals surface area (Å²) in [4.78, 5) is 0.228. The molecule has 0 N–H and O–H groups in total. The molecule has 4 nitrogen and oxygen atoms in total. The van der Waals surface area contributed by atoms with Gasteiger partial charge in [-0.15, -0.1) is 0 Å². The minimum atomic E-state index is -3.43. The number of rotatable bonds is 2. The Morgan fingerprint density at radius 2 is 1.89 bits per heavy atom. The van der Waals surface area contributed by atoms with Gasteiger partial charge in [-0.25, -0.2) is 8.42 Å². The van der Waals surface area contributed by atoms with E-state index in [-0.39, 0.29) is 4.90 Å². The molecule has 0 unspecified atom stereocenters. The fraction of sp³-hybridized carbons (Fsp3) is 0.462. The van der Waals surface area contributed by atoms with E-state index in [1.807, 2.05) is 6.07 Å². The molecule has 0 saturated carbocycles. The predicted molar refractivity (Wildman–Crippen MR) is 68.5 cm³/mol. The van der Waals surface area contributed by atoms with Crippen molar-refractivity contribution in [2.24, 2.45) is 0 Å². The lowest BCUT2D eigenvalue weighted by molar-refractivity contribution is 0.346. The maximum atomic E-state index is 12.4. The highest BCUT2D eigenvalue weighted by atomic mass is 32.2. The van der Waals surface area contributed by atoms with E-state index in [2.05, 4.69) is 0 Å². The molecule has 0 amide bonds. The van der Waals surface area contributed by atoms with Crippen LogP contribution in [0.2, 0.25) is 0 Å². The second kappa shape index (κ2) is 5.09. The largest absolute Gasteiger partial charge is 0.243 e. The molecule has 18 heavy (non-hydrogen) atoms. The molecule has 0 spiro atoms. The zero-order valence-corrected chi connectivity index (χ0v) is 11.2. The maximum Gasteiger partial charge on any atom is 0.243 e. The van der Waals surface area contributed by atoms with Crippen LogP contribution in [0.15, 0.2) is 23.1 Å². The summed E-state index contributed by atoms with van der Waals surface area (Å²) in [6.07, 6.45) is 2.91. The van der Waals surface area contributed by atoms with Gasteiger partial charge in [-0.2, -0.15) is 9.57 Å². The molecule has 0 radical (unpaired) electrons. The molecule has 0 aromatic heterocycles. The van der Waals surface area contributed by atoms with Crippen LogP contribution in [0.25, 0.3) is 0 Å². The molecule has 96 valence electrons. The van der Waals surface area contributed by atoms with Gasteiger partial charge in [0.15, 0.2) is 0 Å². The van der Waals surface area contributed by atoms with Gasteiger partial charge in [-0.05, 0) is 37.5 Å². The second-order valence-corrected chi connectivity index (χ2v) is 6.49. The van der Waals surface area contributed by atoms with E-state index < -0.39 is 10.0 Å². The first-order valence-corrected chi connectivity index (χ1v) is 7.50. The number of aryl methyl sites for hydroxylation is 1. The van der Waals surface area contributed by atoms with E-state index in [1.165, 1.54) is 10.4 Å². The Morgan fingerprint density at radius 1 is 1.22 bits per heavy atom. The lowest BCUT2D eigenvalue weighted by Crippen LogP contribution is -2.35. The van der Waals surface area contributed by atoms with Crippen molar-refractivity contribution < 1.29 is 8.42 Å². The summed E-state index contributed by atoms with van der Waals surface area (Å²) >= 11 is 0. The minimum Gasteiger partial charge on any atom is -0.207 e. The monoisotopic (exact) mass is 264 g/mol. The molecule has 0 atom stereocenters. The zero-order chi connectivity index (χ0) is 13.2. The smallest absolute Gasteiger partial charge is 0.207 e. The predicted octanol–water partition coefficient (Wildman–Crippen LogP) is 2.04. The molecular formula is C13H16N2O2S. The summed E-state index contributed by atoms with van der Waals surface area (Å²) in [5.41, 5.74) is 1.23. The van der Waals surface area contributed by atoms with Gasteiger partial charge in [0, 0.05) is 13.1 Å². The van der Waals surface area contributed by atoms with Crippen molar-refractivity contribution in [1.82, 2.24) is 4.31 Å². The third-order valence-corrected chi connectivity index (χ3v) is 5.18. The lowest BCUT2D eigenvalue weighted by atomic mass is 10.1. The van der Waals surface area contributed by atoms with Crippen LogP contribution in [0, 0.1) is 18.3 Å². The molecule has 1 aromatic rings. The molecule has 1 fully saturated rings. The highest BCUT2D eigenvalue weighted by Crippen LogP contribution is 2.22. The van der Waals surface area contributed by atoms with Gasteiger partial charge >= 0.3 is 0 Å². The van der Waals surface area contributed by atoms with Gasteiger partial charge in [-0.1, -0.05) is 12.5 Å². The molecule has 0 bridgehead atoms.